The van der Waals surface area contributed by atoms with Crippen LogP contribution in [0.25, 0.3) is 0 Å². The van der Waals surface area contributed by atoms with Crippen molar-refractivity contribution >= 4 is 5.97 Å². The Morgan fingerprint density at radius 3 is 2.56 bits per heavy atom. The molecular weight excluding hydrogens is 232 g/mol. The zero-order chi connectivity index (χ0) is 13.0. The molecule has 98 valence electrons. The number of benzene rings is 1. The molecule has 1 aliphatic carbocycles. The Bertz CT molecular complexity index is 397. The first-order valence-corrected chi connectivity index (χ1v) is 6.01. The number of rotatable bonds is 5. The van der Waals surface area contributed by atoms with Gasteiger partial charge in [0.15, 0.2) is 0 Å². The van der Waals surface area contributed by atoms with Gasteiger partial charge in [0.05, 0.1) is 13.7 Å². The maximum absolute atomic E-state index is 11.3. The highest BCUT2D eigenvalue weighted by molar-refractivity contribution is 5.75. The smallest absolute Gasteiger partial charge is 0.326 e. The fourth-order valence-corrected chi connectivity index (χ4v) is 2.20. The van der Waals surface area contributed by atoms with E-state index >= 15 is 0 Å². The summed E-state index contributed by atoms with van der Waals surface area (Å²) in [5.41, 5.74) is 8.56. The summed E-state index contributed by atoms with van der Waals surface area (Å²) in [4.78, 5) is 11.3. The molecule has 0 saturated heterocycles. The molecule has 0 amide bonds. The lowest BCUT2D eigenvalue weighted by molar-refractivity contribution is -0.144. The number of hydrogen-bond acceptors (Lipinski definition) is 5. The van der Waals surface area contributed by atoms with Crippen LogP contribution in [-0.4, -0.2) is 36.9 Å². The molecule has 0 fully saturated rings. The van der Waals surface area contributed by atoms with Crippen molar-refractivity contribution in [3.05, 3.63) is 35.4 Å². The standard InChI is InChI=1S/C13H18N2O3/c1-18-13(17)12(8-16)15-14-11-6-9-4-2-3-5-10(9)7-11/h2-5,11-12,14-16H,6-8H2,1H3/t12-/m0/s1. The van der Waals surface area contributed by atoms with E-state index < -0.39 is 12.0 Å². The summed E-state index contributed by atoms with van der Waals surface area (Å²) in [7, 11) is 1.30. The van der Waals surface area contributed by atoms with E-state index in [1.165, 1.54) is 18.2 Å². The summed E-state index contributed by atoms with van der Waals surface area (Å²) < 4.78 is 4.58. The molecule has 0 heterocycles. The van der Waals surface area contributed by atoms with Crippen LogP contribution in [0.3, 0.4) is 0 Å². The Labute approximate surface area is 106 Å². The van der Waals surface area contributed by atoms with E-state index in [2.05, 4.69) is 27.7 Å². The first-order chi connectivity index (χ1) is 8.74. The number of methoxy groups -OCH3 is 1. The number of fused-ring (bicyclic) bond motifs is 1. The highest BCUT2D eigenvalue weighted by atomic mass is 16.5. The lowest BCUT2D eigenvalue weighted by Gasteiger charge is -2.18. The maximum atomic E-state index is 11.3. The lowest BCUT2D eigenvalue weighted by atomic mass is 10.1. The van der Waals surface area contributed by atoms with Crippen molar-refractivity contribution in [3.63, 3.8) is 0 Å². The Morgan fingerprint density at radius 2 is 2.06 bits per heavy atom. The van der Waals surface area contributed by atoms with E-state index in [-0.39, 0.29) is 12.6 Å². The minimum absolute atomic E-state index is 0.237. The molecule has 3 N–H and O–H groups in total. The monoisotopic (exact) mass is 250 g/mol. The van der Waals surface area contributed by atoms with Crippen molar-refractivity contribution < 1.29 is 14.6 Å². The van der Waals surface area contributed by atoms with E-state index in [4.69, 9.17) is 5.11 Å². The molecule has 18 heavy (non-hydrogen) atoms. The van der Waals surface area contributed by atoms with Crippen molar-refractivity contribution in [1.82, 2.24) is 10.9 Å². The Morgan fingerprint density at radius 1 is 1.44 bits per heavy atom. The third-order valence-electron chi connectivity index (χ3n) is 3.18. The predicted molar refractivity (Wildman–Crippen MR) is 66.8 cm³/mol. The van der Waals surface area contributed by atoms with Gasteiger partial charge >= 0.3 is 5.97 Å². The van der Waals surface area contributed by atoms with Crippen LogP contribution in [0, 0.1) is 0 Å². The molecule has 5 nitrogen and oxygen atoms in total. The van der Waals surface area contributed by atoms with Gasteiger partial charge in [-0.25, -0.2) is 5.43 Å². The Kier molecular flexibility index (Phi) is 4.30. The zero-order valence-corrected chi connectivity index (χ0v) is 10.3. The van der Waals surface area contributed by atoms with Gasteiger partial charge in [0.2, 0.25) is 0 Å². The molecule has 5 heteroatoms. The van der Waals surface area contributed by atoms with Crippen molar-refractivity contribution in [3.8, 4) is 0 Å². The van der Waals surface area contributed by atoms with Crippen LogP contribution in [0.4, 0.5) is 0 Å². The van der Waals surface area contributed by atoms with Gasteiger partial charge in [0.1, 0.15) is 6.04 Å². The number of esters is 1. The predicted octanol–water partition coefficient (Wildman–Crippen LogP) is -0.218. The molecule has 0 unspecified atom stereocenters. The Balaban J connectivity index is 1.84. The highest BCUT2D eigenvalue weighted by Crippen LogP contribution is 2.21. The van der Waals surface area contributed by atoms with Gasteiger partial charge in [0, 0.05) is 6.04 Å². The van der Waals surface area contributed by atoms with Crippen LogP contribution in [0.5, 0.6) is 0 Å². The van der Waals surface area contributed by atoms with E-state index in [1.807, 2.05) is 12.1 Å². The molecule has 0 aromatic heterocycles. The second-order valence-electron chi connectivity index (χ2n) is 4.42. The summed E-state index contributed by atoms with van der Waals surface area (Å²) in [6.07, 6.45) is 1.84. The highest BCUT2D eigenvalue weighted by Gasteiger charge is 2.23. The average molecular weight is 250 g/mol. The van der Waals surface area contributed by atoms with Crippen LogP contribution in [0.1, 0.15) is 11.1 Å². The molecule has 2 rings (SSSR count). The van der Waals surface area contributed by atoms with E-state index in [9.17, 15) is 4.79 Å². The number of aliphatic hydroxyl groups is 1. The fraction of sp³-hybridized carbons (Fsp3) is 0.462. The number of carbonyl (C=O) groups is 1. The first kappa shape index (κ1) is 13.0. The second-order valence-corrected chi connectivity index (χ2v) is 4.42. The quantitative estimate of drug-likeness (QED) is 0.498. The summed E-state index contributed by atoms with van der Waals surface area (Å²) in [6.45, 7) is -0.292. The molecule has 0 spiro atoms. The summed E-state index contributed by atoms with van der Waals surface area (Å²) in [5, 5.41) is 9.07. The summed E-state index contributed by atoms with van der Waals surface area (Å²) >= 11 is 0. The summed E-state index contributed by atoms with van der Waals surface area (Å²) in [5.74, 6) is -0.472. The van der Waals surface area contributed by atoms with Gasteiger partial charge in [-0.15, -0.1) is 0 Å². The van der Waals surface area contributed by atoms with Crippen LogP contribution >= 0.6 is 0 Å². The molecule has 0 saturated carbocycles. The maximum Gasteiger partial charge on any atom is 0.326 e. The zero-order valence-electron chi connectivity index (χ0n) is 10.3. The fourth-order valence-electron chi connectivity index (χ4n) is 2.20. The third kappa shape index (κ3) is 2.87. The number of carbonyl (C=O) groups excluding carboxylic acids is 1. The molecule has 0 aliphatic heterocycles. The number of ether oxygens (including phenoxy) is 1. The van der Waals surface area contributed by atoms with Crippen LogP contribution < -0.4 is 10.9 Å². The van der Waals surface area contributed by atoms with Crippen molar-refractivity contribution in [2.45, 2.75) is 24.9 Å². The van der Waals surface area contributed by atoms with E-state index in [0.29, 0.717) is 0 Å². The molecule has 0 radical (unpaired) electrons. The van der Waals surface area contributed by atoms with Crippen molar-refractivity contribution in [2.75, 3.05) is 13.7 Å². The van der Waals surface area contributed by atoms with Crippen molar-refractivity contribution in [2.24, 2.45) is 0 Å². The molecule has 1 aromatic rings. The van der Waals surface area contributed by atoms with Gasteiger partial charge < -0.3 is 9.84 Å². The number of hydrogen-bond donors (Lipinski definition) is 3. The first-order valence-electron chi connectivity index (χ1n) is 6.01. The van der Waals surface area contributed by atoms with Gasteiger partial charge in [-0.05, 0) is 24.0 Å². The lowest BCUT2D eigenvalue weighted by Crippen LogP contribution is -2.52. The molecule has 0 bridgehead atoms. The number of nitrogens with one attached hydrogen (secondary N) is 2. The second kappa shape index (κ2) is 5.95. The third-order valence-corrected chi connectivity index (χ3v) is 3.18. The van der Waals surface area contributed by atoms with Crippen molar-refractivity contribution in [1.29, 1.82) is 0 Å². The van der Waals surface area contributed by atoms with E-state index in [0.717, 1.165) is 12.8 Å². The van der Waals surface area contributed by atoms with Crippen LogP contribution in [0.15, 0.2) is 24.3 Å². The van der Waals surface area contributed by atoms with Gasteiger partial charge in [-0.2, -0.15) is 0 Å². The molecular formula is C13H18N2O3. The van der Waals surface area contributed by atoms with Gasteiger partial charge in [-0.3, -0.25) is 10.2 Å². The average Bonchev–Trinajstić information content (AvgIpc) is 2.81. The minimum Gasteiger partial charge on any atom is -0.468 e. The molecule has 1 atom stereocenters. The largest absolute Gasteiger partial charge is 0.468 e. The SMILES string of the molecule is COC(=O)[C@H](CO)NNC1Cc2ccccc2C1. The van der Waals surface area contributed by atoms with E-state index in [1.54, 1.807) is 0 Å². The summed E-state index contributed by atoms with van der Waals surface area (Å²) in [6, 6.07) is 7.79. The number of hydrazine groups is 1. The molecule has 1 aliphatic rings. The van der Waals surface area contributed by atoms with Gasteiger partial charge in [-0.1, -0.05) is 24.3 Å². The minimum atomic E-state index is -0.723. The van der Waals surface area contributed by atoms with Crippen LogP contribution in [0.2, 0.25) is 0 Å². The topological polar surface area (TPSA) is 70.6 Å². The van der Waals surface area contributed by atoms with Gasteiger partial charge in [0.25, 0.3) is 0 Å². The Hall–Kier alpha value is -1.43. The molecule has 1 aromatic carbocycles. The number of aliphatic hydroxyl groups excluding tert-OH is 1. The van der Waals surface area contributed by atoms with Crippen LogP contribution in [-0.2, 0) is 22.4 Å². The normalized spacial score (nSPS) is 16.3.